The van der Waals surface area contributed by atoms with Gasteiger partial charge in [0, 0.05) is 6.92 Å². The maximum Gasteiger partial charge on any atom is 0.316 e. The number of hydrogen-bond acceptors (Lipinski definition) is 6. The van der Waals surface area contributed by atoms with Gasteiger partial charge in [-0.05, 0) is 30.6 Å². The van der Waals surface area contributed by atoms with Crippen LogP contribution in [-0.2, 0) is 34.8 Å². The van der Waals surface area contributed by atoms with E-state index in [0.29, 0.717) is 6.61 Å². The summed E-state index contributed by atoms with van der Waals surface area (Å²) in [6, 6.07) is 9.74. The van der Waals surface area contributed by atoms with Crippen LogP contribution in [0.3, 0.4) is 0 Å². The van der Waals surface area contributed by atoms with Crippen LogP contribution in [0.25, 0.3) is 0 Å². The Morgan fingerprint density at radius 3 is 2.23 bits per heavy atom. The van der Waals surface area contributed by atoms with Gasteiger partial charge in [-0.25, -0.2) is 0 Å². The van der Waals surface area contributed by atoms with Gasteiger partial charge in [0.15, 0.2) is 8.32 Å². The minimum Gasteiger partial charge on any atom is -0.465 e. The Labute approximate surface area is 187 Å². The van der Waals surface area contributed by atoms with Crippen molar-refractivity contribution >= 4 is 20.3 Å². The third kappa shape index (κ3) is 6.76. The molecule has 0 spiro atoms. The minimum atomic E-state index is -2.16. The first kappa shape index (κ1) is 25.3. The molecule has 4 atom stereocenters. The third-order valence-electron chi connectivity index (χ3n) is 5.89. The highest BCUT2D eigenvalue weighted by atomic mass is 28.4. The molecule has 0 bridgehead atoms. The lowest BCUT2D eigenvalue weighted by Crippen LogP contribution is -2.55. The van der Waals surface area contributed by atoms with Crippen molar-refractivity contribution in [2.45, 2.75) is 77.7 Å². The molecule has 0 radical (unpaired) electrons. The second kappa shape index (κ2) is 10.6. The van der Waals surface area contributed by atoms with Gasteiger partial charge in [-0.15, -0.1) is 0 Å². The summed E-state index contributed by atoms with van der Waals surface area (Å²) in [5, 5.41) is -0.0141. The normalized spacial score (nSPS) is 24.0. The van der Waals surface area contributed by atoms with Crippen molar-refractivity contribution in [2.24, 2.45) is 5.92 Å². The van der Waals surface area contributed by atoms with Crippen LogP contribution in [0.5, 0.6) is 0 Å². The Morgan fingerprint density at radius 2 is 1.68 bits per heavy atom. The Morgan fingerprint density at radius 1 is 1.03 bits per heavy atom. The first-order valence-corrected chi connectivity index (χ1v) is 13.7. The Kier molecular flexibility index (Phi) is 8.62. The Bertz CT molecular complexity index is 768. The molecule has 1 aliphatic carbocycles. The van der Waals surface area contributed by atoms with Gasteiger partial charge in [0.2, 0.25) is 0 Å². The van der Waals surface area contributed by atoms with Crippen LogP contribution in [-0.4, -0.2) is 45.2 Å². The lowest BCUT2D eigenvalue weighted by molar-refractivity contribution is -0.176. The second-order valence-corrected chi connectivity index (χ2v) is 14.1. The molecule has 1 aliphatic rings. The zero-order valence-corrected chi connectivity index (χ0v) is 20.7. The van der Waals surface area contributed by atoms with E-state index in [1.807, 2.05) is 36.4 Å². The smallest absolute Gasteiger partial charge is 0.316 e. The summed E-state index contributed by atoms with van der Waals surface area (Å²) in [5.41, 5.74) is 0.984. The van der Waals surface area contributed by atoms with Crippen molar-refractivity contribution in [2.75, 3.05) is 6.61 Å². The molecule has 1 aromatic carbocycles. The van der Waals surface area contributed by atoms with Crippen molar-refractivity contribution in [1.29, 1.82) is 0 Å². The molecular weight excluding hydrogens is 412 g/mol. The summed E-state index contributed by atoms with van der Waals surface area (Å²) in [7, 11) is -2.16. The quantitative estimate of drug-likeness (QED) is 0.328. The number of rotatable bonds is 8. The van der Waals surface area contributed by atoms with Crippen LogP contribution >= 0.6 is 0 Å². The summed E-state index contributed by atoms with van der Waals surface area (Å²) in [6.07, 6.45) is 1.67. The van der Waals surface area contributed by atoms with E-state index in [0.717, 1.165) is 5.56 Å². The highest BCUT2D eigenvalue weighted by molar-refractivity contribution is 6.74. The summed E-state index contributed by atoms with van der Waals surface area (Å²) in [4.78, 5) is 24.5. The van der Waals surface area contributed by atoms with Crippen LogP contribution < -0.4 is 0 Å². The molecule has 0 saturated carbocycles. The molecule has 1 aromatic rings. The minimum absolute atomic E-state index is 0.0141. The predicted octanol–water partition coefficient (Wildman–Crippen LogP) is 4.64. The molecule has 0 amide bonds. The molecule has 0 aromatic heterocycles. The van der Waals surface area contributed by atoms with Crippen LogP contribution in [0.15, 0.2) is 42.5 Å². The zero-order valence-electron chi connectivity index (χ0n) is 19.7. The van der Waals surface area contributed by atoms with E-state index >= 15 is 0 Å². The molecular formula is C24H36O6Si. The van der Waals surface area contributed by atoms with Gasteiger partial charge < -0.3 is 18.6 Å². The predicted molar refractivity (Wildman–Crippen MR) is 122 cm³/mol. The highest BCUT2D eigenvalue weighted by Gasteiger charge is 2.47. The monoisotopic (exact) mass is 448 g/mol. The van der Waals surface area contributed by atoms with E-state index in [2.05, 4.69) is 33.9 Å². The number of hydrogen-bond donors (Lipinski definition) is 0. The molecule has 0 aliphatic heterocycles. The fourth-order valence-corrected chi connectivity index (χ4v) is 4.45. The van der Waals surface area contributed by atoms with Crippen LogP contribution in [0.1, 0.15) is 40.2 Å². The van der Waals surface area contributed by atoms with Crippen molar-refractivity contribution in [3.8, 4) is 0 Å². The van der Waals surface area contributed by atoms with Crippen LogP contribution in [0, 0.1) is 5.92 Å². The lowest BCUT2D eigenvalue weighted by atomic mass is 9.88. The van der Waals surface area contributed by atoms with E-state index in [9.17, 15) is 9.59 Å². The molecule has 7 heteroatoms. The largest absolute Gasteiger partial charge is 0.465 e. The average molecular weight is 449 g/mol. The number of ether oxygens (including phenoxy) is 3. The fourth-order valence-electron chi connectivity index (χ4n) is 3.20. The van der Waals surface area contributed by atoms with Crippen LogP contribution in [0.2, 0.25) is 18.1 Å². The third-order valence-corrected chi connectivity index (χ3v) is 10.4. The lowest BCUT2D eigenvalue weighted by Gasteiger charge is -2.44. The molecule has 2 rings (SSSR count). The summed E-state index contributed by atoms with van der Waals surface area (Å²) in [5.74, 6) is -1.66. The van der Waals surface area contributed by atoms with E-state index in [4.69, 9.17) is 18.6 Å². The fraction of sp³-hybridized carbons (Fsp3) is 0.583. The van der Waals surface area contributed by atoms with Gasteiger partial charge in [-0.3, -0.25) is 9.59 Å². The SMILES string of the molecule is CCOC(=O)[C@H]1C=C[C@H](O[Si](C)(C)C(C)(C)C)[C@@H](OCc2ccccc2)[C@@H]1OC(C)=O. The second-order valence-electron chi connectivity index (χ2n) is 9.34. The Hall–Kier alpha value is -1.96. The summed E-state index contributed by atoms with van der Waals surface area (Å²) >= 11 is 0. The molecule has 0 N–H and O–H groups in total. The molecule has 0 heterocycles. The van der Waals surface area contributed by atoms with Gasteiger partial charge in [0.1, 0.15) is 18.1 Å². The van der Waals surface area contributed by atoms with E-state index < -0.39 is 44.5 Å². The number of carbonyl (C=O) groups excluding carboxylic acids is 2. The van der Waals surface area contributed by atoms with Crippen molar-refractivity contribution in [3.63, 3.8) is 0 Å². The number of carbonyl (C=O) groups is 2. The standard InChI is InChI=1S/C24H36O6Si/c1-8-27-23(26)19-14-15-20(30-31(6,7)24(3,4)5)22(21(19)29-17(2)25)28-16-18-12-10-9-11-13-18/h9-15,19-22H,8,16H2,1-7H3/t19-,20-,21+,22+/m0/s1. The van der Waals surface area contributed by atoms with Crippen LogP contribution in [0.4, 0.5) is 0 Å². The highest BCUT2D eigenvalue weighted by Crippen LogP contribution is 2.39. The van der Waals surface area contributed by atoms with Gasteiger partial charge in [0.25, 0.3) is 0 Å². The molecule has 0 fully saturated rings. The molecule has 0 saturated heterocycles. The van der Waals surface area contributed by atoms with Crippen molar-refractivity contribution in [1.82, 2.24) is 0 Å². The topological polar surface area (TPSA) is 71.1 Å². The first-order chi connectivity index (χ1) is 14.5. The van der Waals surface area contributed by atoms with Gasteiger partial charge in [0.05, 0.1) is 19.3 Å². The maximum atomic E-state index is 12.6. The number of esters is 2. The average Bonchev–Trinajstić information content (AvgIpc) is 2.67. The van der Waals surface area contributed by atoms with E-state index in [-0.39, 0.29) is 11.6 Å². The summed E-state index contributed by atoms with van der Waals surface area (Å²) < 4.78 is 23.7. The van der Waals surface area contributed by atoms with Crippen molar-refractivity contribution in [3.05, 3.63) is 48.0 Å². The zero-order chi connectivity index (χ0) is 23.2. The number of benzene rings is 1. The van der Waals surface area contributed by atoms with Crippen molar-refractivity contribution < 1.29 is 28.2 Å². The maximum absolute atomic E-state index is 12.6. The molecule has 31 heavy (non-hydrogen) atoms. The van der Waals surface area contributed by atoms with E-state index in [1.54, 1.807) is 13.0 Å². The van der Waals surface area contributed by atoms with Gasteiger partial charge in [-0.2, -0.15) is 0 Å². The molecule has 6 nitrogen and oxygen atoms in total. The van der Waals surface area contributed by atoms with Gasteiger partial charge in [-0.1, -0.05) is 63.3 Å². The van der Waals surface area contributed by atoms with Gasteiger partial charge >= 0.3 is 11.9 Å². The molecule has 0 unspecified atom stereocenters. The first-order valence-electron chi connectivity index (χ1n) is 10.8. The van der Waals surface area contributed by atoms with E-state index in [1.165, 1.54) is 6.92 Å². The molecule has 172 valence electrons. The summed E-state index contributed by atoms with van der Waals surface area (Å²) in [6.45, 7) is 14.4. The Balaban J connectivity index is 2.38.